The Hall–Kier alpha value is -1.03. The molecular weight excluding hydrogens is 204 g/mol. The van der Waals surface area contributed by atoms with E-state index in [2.05, 4.69) is 0 Å². The van der Waals surface area contributed by atoms with Crippen LogP contribution < -0.4 is 5.73 Å². The maximum Gasteiger partial charge on any atom is 0.126 e. The summed E-state index contributed by atoms with van der Waals surface area (Å²) < 4.78 is 25.9. The first-order chi connectivity index (χ1) is 6.50. The van der Waals surface area contributed by atoms with Crippen molar-refractivity contribution in [3.8, 4) is 0 Å². The van der Waals surface area contributed by atoms with Crippen molar-refractivity contribution in [1.82, 2.24) is 0 Å². The van der Waals surface area contributed by atoms with Crippen LogP contribution in [0.1, 0.15) is 12.5 Å². The second-order valence-corrected chi connectivity index (χ2v) is 3.71. The molecule has 1 atom stereocenters. The maximum absolute atomic E-state index is 13.1. The number of thiocarbonyl (C=S) groups is 1. The fraction of sp³-hybridized carbons (Fsp3) is 0.300. The number of halogens is 2. The molecule has 0 bridgehead atoms. The number of hydrogen-bond donors (Lipinski definition) is 1. The summed E-state index contributed by atoms with van der Waals surface area (Å²) in [5.41, 5.74) is 5.70. The molecule has 2 N–H and O–H groups in total. The van der Waals surface area contributed by atoms with Crippen molar-refractivity contribution in [2.75, 3.05) is 0 Å². The van der Waals surface area contributed by atoms with E-state index < -0.39 is 11.6 Å². The summed E-state index contributed by atoms with van der Waals surface area (Å²) >= 11 is 4.76. The monoisotopic (exact) mass is 215 g/mol. The lowest BCUT2D eigenvalue weighted by atomic mass is 10.0. The van der Waals surface area contributed by atoms with Crippen molar-refractivity contribution in [1.29, 1.82) is 0 Å². The van der Waals surface area contributed by atoms with Gasteiger partial charge in [0.2, 0.25) is 0 Å². The summed E-state index contributed by atoms with van der Waals surface area (Å²) in [6.45, 7) is 1.78. The van der Waals surface area contributed by atoms with Crippen LogP contribution in [0.15, 0.2) is 18.2 Å². The lowest BCUT2D eigenvalue weighted by Crippen LogP contribution is -2.20. The van der Waals surface area contributed by atoms with E-state index in [1.807, 2.05) is 0 Å². The van der Waals surface area contributed by atoms with Gasteiger partial charge in [0.05, 0.1) is 4.99 Å². The van der Waals surface area contributed by atoms with Crippen LogP contribution in [0.3, 0.4) is 0 Å². The van der Waals surface area contributed by atoms with E-state index in [4.69, 9.17) is 18.0 Å². The summed E-state index contributed by atoms with van der Waals surface area (Å²) in [5, 5.41) is 0. The van der Waals surface area contributed by atoms with Gasteiger partial charge < -0.3 is 5.73 Å². The molecule has 1 rings (SSSR count). The van der Waals surface area contributed by atoms with Crippen molar-refractivity contribution in [3.05, 3.63) is 35.4 Å². The van der Waals surface area contributed by atoms with E-state index >= 15 is 0 Å². The standard InChI is InChI=1S/C10H11F2NS/c1-6(10(13)14)4-7-5-8(11)2-3-9(7)12/h2-3,5-6H,4H2,1H3,(H2,13,14). The van der Waals surface area contributed by atoms with E-state index in [9.17, 15) is 8.78 Å². The fourth-order valence-corrected chi connectivity index (χ4v) is 1.21. The van der Waals surface area contributed by atoms with Crippen molar-refractivity contribution in [2.45, 2.75) is 13.3 Å². The third-order valence-corrected chi connectivity index (χ3v) is 2.42. The van der Waals surface area contributed by atoms with Crippen LogP contribution in [0, 0.1) is 17.6 Å². The summed E-state index contributed by atoms with van der Waals surface area (Å²) in [6.07, 6.45) is 0.332. The van der Waals surface area contributed by atoms with Gasteiger partial charge in [-0.25, -0.2) is 8.78 Å². The molecular formula is C10H11F2NS. The molecule has 0 aliphatic carbocycles. The van der Waals surface area contributed by atoms with Gasteiger partial charge in [0.25, 0.3) is 0 Å². The van der Waals surface area contributed by atoms with Gasteiger partial charge in [-0.1, -0.05) is 19.1 Å². The molecule has 0 aromatic heterocycles. The zero-order valence-electron chi connectivity index (χ0n) is 7.76. The normalized spacial score (nSPS) is 12.5. The fourth-order valence-electron chi connectivity index (χ4n) is 1.13. The van der Waals surface area contributed by atoms with E-state index in [-0.39, 0.29) is 5.92 Å². The highest BCUT2D eigenvalue weighted by Gasteiger charge is 2.10. The molecule has 1 nitrogen and oxygen atoms in total. The molecule has 1 aromatic rings. The number of rotatable bonds is 3. The quantitative estimate of drug-likeness (QED) is 0.784. The Morgan fingerprint density at radius 2 is 2.14 bits per heavy atom. The molecule has 0 saturated carbocycles. The Labute approximate surface area is 86.9 Å². The molecule has 0 aliphatic heterocycles. The first kappa shape index (κ1) is 11.0. The van der Waals surface area contributed by atoms with Crippen LogP contribution >= 0.6 is 12.2 Å². The third kappa shape index (κ3) is 2.73. The Morgan fingerprint density at radius 3 is 2.71 bits per heavy atom. The van der Waals surface area contributed by atoms with E-state index in [0.29, 0.717) is 17.0 Å². The second-order valence-electron chi connectivity index (χ2n) is 3.24. The van der Waals surface area contributed by atoms with Gasteiger partial charge in [-0.2, -0.15) is 0 Å². The number of nitrogens with two attached hydrogens (primary N) is 1. The van der Waals surface area contributed by atoms with Crippen LogP contribution in [0.25, 0.3) is 0 Å². The highest BCUT2D eigenvalue weighted by Crippen LogP contribution is 2.14. The van der Waals surface area contributed by atoms with Crippen molar-refractivity contribution >= 4 is 17.2 Å². The highest BCUT2D eigenvalue weighted by atomic mass is 32.1. The highest BCUT2D eigenvalue weighted by molar-refractivity contribution is 7.80. The average molecular weight is 215 g/mol. The number of hydrogen-bond acceptors (Lipinski definition) is 1. The molecule has 0 fully saturated rings. The van der Waals surface area contributed by atoms with Gasteiger partial charge in [0.15, 0.2) is 0 Å². The van der Waals surface area contributed by atoms with Gasteiger partial charge >= 0.3 is 0 Å². The van der Waals surface area contributed by atoms with Crippen LogP contribution in [0.4, 0.5) is 8.78 Å². The largest absolute Gasteiger partial charge is 0.393 e. The molecule has 0 spiro atoms. The molecule has 0 radical (unpaired) electrons. The van der Waals surface area contributed by atoms with Gasteiger partial charge in [-0.15, -0.1) is 0 Å². The molecule has 1 unspecified atom stereocenters. The minimum Gasteiger partial charge on any atom is -0.393 e. The second kappa shape index (κ2) is 4.46. The van der Waals surface area contributed by atoms with Crippen LogP contribution in [-0.2, 0) is 6.42 Å². The Kier molecular flexibility index (Phi) is 3.52. The van der Waals surface area contributed by atoms with Crippen LogP contribution in [0.5, 0.6) is 0 Å². The van der Waals surface area contributed by atoms with Gasteiger partial charge in [0.1, 0.15) is 11.6 Å². The smallest absolute Gasteiger partial charge is 0.126 e. The topological polar surface area (TPSA) is 26.0 Å². The van der Waals surface area contributed by atoms with E-state index in [0.717, 1.165) is 12.1 Å². The molecule has 76 valence electrons. The van der Waals surface area contributed by atoms with Gasteiger partial charge in [-0.3, -0.25) is 0 Å². The zero-order valence-corrected chi connectivity index (χ0v) is 8.57. The zero-order chi connectivity index (χ0) is 10.7. The minimum absolute atomic E-state index is 0.124. The van der Waals surface area contributed by atoms with Crippen molar-refractivity contribution in [3.63, 3.8) is 0 Å². The summed E-state index contributed by atoms with van der Waals surface area (Å²) in [4.78, 5) is 0.314. The molecule has 4 heteroatoms. The van der Waals surface area contributed by atoms with Crippen LogP contribution in [0.2, 0.25) is 0 Å². The maximum atomic E-state index is 13.1. The summed E-state index contributed by atoms with van der Waals surface area (Å²) in [5.74, 6) is -0.993. The predicted octanol–water partition coefficient (Wildman–Crippen LogP) is 2.43. The molecule has 0 saturated heterocycles. The Bertz CT molecular complexity index is 352. The number of benzene rings is 1. The Morgan fingerprint density at radius 1 is 1.50 bits per heavy atom. The molecule has 14 heavy (non-hydrogen) atoms. The van der Waals surface area contributed by atoms with Gasteiger partial charge in [-0.05, 0) is 30.2 Å². The van der Waals surface area contributed by atoms with E-state index in [1.54, 1.807) is 6.92 Å². The SMILES string of the molecule is CC(Cc1cc(F)ccc1F)C(N)=S. The third-order valence-electron chi connectivity index (χ3n) is 2.02. The first-order valence-corrected chi connectivity index (χ1v) is 4.64. The first-order valence-electron chi connectivity index (χ1n) is 4.24. The lowest BCUT2D eigenvalue weighted by molar-refractivity contribution is 0.576. The Balaban J connectivity index is 2.85. The summed E-state index contributed by atoms with van der Waals surface area (Å²) in [6, 6.07) is 3.37. The van der Waals surface area contributed by atoms with E-state index in [1.165, 1.54) is 6.07 Å². The van der Waals surface area contributed by atoms with Crippen molar-refractivity contribution in [2.24, 2.45) is 11.7 Å². The average Bonchev–Trinajstić information content (AvgIpc) is 2.11. The van der Waals surface area contributed by atoms with Crippen molar-refractivity contribution < 1.29 is 8.78 Å². The predicted molar refractivity (Wildman–Crippen MR) is 56.0 cm³/mol. The van der Waals surface area contributed by atoms with Crippen LogP contribution in [-0.4, -0.2) is 4.99 Å². The molecule has 0 amide bonds. The molecule has 1 aromatic carbocycles. The molecule has 0 aliphatic rings. The molecule has 0 heterocycles. The minimum atomic E-state index is -0.448. The lowest BCUT2D eigenvalue weighted by Gasteiger charge is -2.09. The van der Waals surface area contributed by atoms with Gasteiger partial charge in [0, 0.05) is 5.92 Å². The summed E-state index contributed by atoms with van der Waals surface area (Å²) in [7, 11) is 0.